The Kier molecular flexibility index (Phi) is 6.29. The van der Waals surface area contributed by atoms with E-state index in [1.807, 2.05) is 0 Å². The number of likely N-dealkylation sites (N-methyl/N-ethyl adjacent to an activating group) is 1. The van der Waals surface area contributed by atoms with E-state index >= 15 is 0 Å². The first-order chi connectivity index (χ1) is 12.4. The van der Waals surface area contributed by atoms with E-state index in [1.165, 1.54) is 31.1 Å². The van der Waals surface area contributed by atoms with Crippen LogP contribution in [0.1, 0.15) is 5.56 Å². The van der Waals surface area contributed by atoms with E-state index in [4.69, 9.17) is 17.0 Å². The Labute approximate surface area is 155 Å². The fourth-order valence-corrected chi connectivity index (χ4v) is 2.46. The molecule has 0 aliphatic carbocycles. The minimum Gasteiger partial charge on any atom is -0.481 e. The van der Waals surface area contributed by atoms with Crippen molar-refractivity contribution < 1.29 is 28.6 Å². The van der Waals surface area contributed by atoms with E-state index in [-0.39, 0.29) is 29.9 Å². The van der Waals surface area contributed by atoms with Crippen molar-refractivity contribution in [3.8, 4) is 5.75 Å². The van der Waals surface area contributed by atoms with Gasteiger partial charge in [-0.15, -0.1) is 0 Å². The molecule has 9 heteroatoms. The fraction of sp³-hybridized carbons (Fsp3) is 0.294. The topological polar surface area (TPSA) is 85.4 Å². The van der Waals surface area contributed by atoms with Crippen molar-refractivity contribution in [2.24, 2.45) is 0 Å². The second-order valence-corrected chi connectivity index (χ2v) is 5.61. The molecule has 138 valence electrons. The lowest BCUT2D eigenvalue weighted by molar-refractivity contribution is -0.143. The summed E-state index contributed by atoms with van der Waals surface area (Å²) in [4.78, 5) is 38.1. The molecule has 1 saturated heterocycles. The SMILES string of the molecule is COC(=O)COc1ccccc1C=C1C(=O)N(C)C(=S)N1CC(=O)OC. The Morgan fingerprint density at radius 3 is 2.46 bits per heavy atom. The number of carbonyl (C=O) groups excluding carboxylic acids is 3. The third-order valence-corrected chi connectivity index (χ3v) is 4.13. The van der Waals surface area contributed by atoms with Gasteiger partial charge in [-0.05, 0) is 24.4 Å². The molecule has 0 radical (unpaired) electrons. The second kappa shape index (κ2) is 8.43. The number of esters is 2. The van der Waals surface area contributed by atoms with Crippen molar-refractivity contribution in [1.29, 1.82) is 0 Å². The third-order valence-electron chi connectivity index (χ3n) is 3.63. The molecule has 1 aliphatic rings. The number of hydrogen-bond donors (Lipinski definition) is 0. The van der Waals surface area contributed by atoms with Crippen molar-refractivity contribution in [1.82, 2.24) is 9.80 Å². The second-order valence-electron chi connectivity index (χ2n) is 5.24. The smallest absolute Gasteiger partial charge is 0.343 e. The van der Waals surface area contributed by atoms with Crippen molar-refractivity contribution in [2.45, 2.75) is 0 Å². The lowest BCUT2D eigenvalue weighted by atomic mass is 10.1. The summed E-state index contributed by atoms with van der Waals surface area (Å²) in [6.45, 7) is -0.461. The van der Waals surface area contributed by atoms with Gasteiger partial charge in [0.2, 0.25) is 0 Å². The average Bonchev–Trinajstić information content (AvgIpc) is 2.85. The van der Waals surface area contributed by atoms with Gasteiger partial charge >= 0.3 is 11.9 Å². The lowest BCUT2D eigenvalue weighted by Gasteiger charge is -2.17. The summed E-state index contributed by atoms with van der Waals surface area (Å²) in [7, 11) is 4.04. The van der Waals surface area contributed by atoms with Crippen molar-refractivity contribution in [3.63, 3.8) is 0 Å². The highest BCUT2D eigenvalue weighted by molar-refractivity contribution is 7.80. The minimum atomic E-state index is -0.531. The predicted molar refractivity (Wildman–Crippen MR) is 96.0 cm³/mol. The molecule has 1 aliphatic heterocycles. The zero-order valence-electron chi connectivity index (χ0n) is 14.6. The van der Waals surface area contributed by atoms with Gasteiger partial charge in [0.25, 0.3) is 5.91 Å². The largest absolute Gasteiger partial charge is 0.481 e. The molecule has 0 unspecified atom stereocenters. The quantitative estimate of drug-likeness (QED) is 0.408. The number of thiocarbonyl (C=S) groups is 1. The maximum atomic E-state index is 12.5. The standard InChI is InChI=1S/C17H18N2O6S/c1-18-16(22)12(19(17(18)26)9-14(20)23-2)8-11-6-4-5-7-13(11)25-10-15(21)24-3/h4-8H,9-10H2,1-3H3. The molecule has 0 saturated carbocycles. The zero-order chi connectivity index (χ0) is 19.3. The van der Waals surface area contributed by atoms with Gasteiger partial charge < -0.3 is 19.1 Å². The summed E-state index contributed by atoms with van der Waals surface area (Å²) < 4.78 is 14.6. The number of nitrogens with zero attached hydrogens (tertiary/aromatic N) is 2. The molecule has 1 aromatic carbocycles. The van der Waals surface area contributed by atoms with Crippen LogP contribution in [0.5, 0.6) is 5.75 Å². The Hall–Kier alpha value is -2.94. The van der Waals surface area contributed by atoms with Gasteiger partial charge in [-0.3, -0.25) is 14.5 Å². The minimum absolute atomic E-state index is 0.192. The van der Waals surface area contributed by atoms with Gasteiger partial charge in [0.1, 0.15) is 18.0 Å². The monoisotopic (exact) mass is 378 g/mol. The Balaban J connectivity index is 2.36. The van der Waals surface area contributed by atoms with E-state index in [9.17, 15) is 14.4 Å². The summed E-state index contributed by atoms with van der Waals surface area (Å²) >= 11 is 5.22. The first-order valence-electron chi connectivity index (χ1n) is 7.55. The number of rotatable bonds is 6. The maximum Gasteiger partial charge on any atom is 0.343 e. The zero-order valence-corrected chi connectivity index (χ0v) is 15.4. The number of amides is 1. The summed E-state index contributed by atoms with van der Waals surface area (Å²) in [6.07, 6.45) is 1.55. The van der Waals surface area contributed by atoms with Crippen LogP contribution in [0.2, 0.25) is 0 Å². The van der Waals surface area contributed by atoms with Crippen LogP contribution in [0.4, 0.5) is 0 Å². The molecular weight excluding hydrogens is 360 g/mol. The Morgan fingerprint density at radius 2 is 1.81 bits per heavy atom. The Morgan fingerprint density at radius 1 is 1.15 bits per heavy atom. The highest BCUT2D eigenvalue weighted by Gasteiger charge is 2.36. The molecule has 0 bridgehead atoms. The fourth-order valence-electron chi connectivity index (χ4n) is 2.22. The number of methoxy groups -OCH3 is 2. The normalized spacial score (nSPS) is 15.4. The van der Waals surface area contributed by atoms with Gasteiger partial charge in [0, 0.05) is 12.6 Å². The molecule has 1 aromatic rings. The molecule has 0 atom stereocenters. The van der Waals surface area contributed by atoms with Crippen molar-refractivity contribution >= 4 is 41.3 Å². The van der Waals surface area contributed by atoms with Crippen molar-refractivity contribution in [3.05, 3.63) is 35.5 Å². The van der Waals surface area contributed by atoms with Gasteiger partial charge in [0.05, 0.1) is 14.2 Å². The number of benzene rings is 1. The molecule has 0 aromatic heterocycles. The summed E-state index contributed by atoms with van der Waals surface area (Å²) in [5.41, 5.74) is 0.754. The van der Waals surface area contributed by atoms with Crippen molar-refractivity contribution in [2.75, 3.05) is 34.4 Å². The van der Waals surface area contributed by atoms with Crippen LogP contribution in [-0.2, 0) is 23.9 Å². The maximum absolute atomic E-state index is 12.5. The molecule has 0 spiro atoms. The third kappa shape index (κ3) is 4.17. The first-order valence-corrected chi connectivity index (χ1v) is 7.96. The van der Waals surface area contributed by atoms with E-state index < -0.39 is 11.9 Å². The van der Waals surface area contributed by atoms with E-state index in [2.05, 4.69) is 9.47 Å². The van der Waals surface area contributed by atoms with Crippen LogP contribution in [0.3, 0.4) is 0 Å². The van der Waals surface area contributed by atoms with Gasteiger partial charge in [0.15, 0.2) is 11.7 Å². The number of ether oxygens (including phenoxy) is 3. The van der Waals surface area contributed by atoms with Gasteiger partial charge in [-0.25, -0.2) is 4.79 Å². The summed E-state index contributed by atoms with van der Waals surface area (Å²) in [6, 6.07) is 6.85. The molecule has 8 nitrogen and oxygen atoms in total. The van der Waals surface area contributed by atoms with Crippen LogP contribution in [0.25, 0.3) is 6.08 Å². The predicted octanol–water partition coefficient (Wildman–Crippen LogP) is 0.811. The van der Waals surface area contributed by atoms with Crippen LogP contribution in [0.15, 0.2) is 30.0 Å². The molecular formula is C17H18N2O6S. The highest BCUT2D eigenvalue weighted by Crippen LogP contribution is 2.26. The molecule has 1 amide bonds. The van der Waals surface area contributed by atoms with E-state index in [0.29, 0.717) is 11.3 Å². The summed E-state index contributed by atoms with van der Waals surface area (Å²) in [5.74, 6) is -1.03. The van der Waals surface area contributed by atoms with Gasteiger partial charge in [-0.2, -0.15) is 0 Å². The number of para-hydroxylation sites is 1. The number of carbonyl (C=O) groups is 3. The molecule has 0 N–H and O–H groups in total. The lowest BCUT2D eigenvalue weighted by Crippen LogP contribution is -2.33. The number of hydrogen-bond acceptors (Lipinski definition) is 7. The van der Waals surface area contributed by atoms with E-state index in [1.54, 1.807) is 30.3 Å². The molecule has 26 heavy (non-hydrogen) atoms. The van der Waals surface area contributed by atoms with Crippen LogP contribution < -0.4 is 4.74 Å². The highest BCUT2D eigenvalue weighted by atomic mass is 32.1. The van der Waals surface area contributed by atoms with Gasteiger partial charge in [-0.1, -0.05) is 18.2 Å². The van der Waals surface area contributed by atoms with Crippen LogP contribution in [-0.4, -0.2) is 67.2 Å². The molecule has 1 fully saturated rings. The average molecular weight is 378 g/mol. The van der Waals surface area contributed by atoms with Crippen LogP contribution >= 0.6 is 12.2 Å². The Bertz CT molecular complexity index is 776. The summed E-state index contributed by atoms with van der Waals surface area (Å²) in [5, 5.41) is 0.194. The van der Waals surface area contributed by atoms with Crippen LogP contribution in [0, 0.1) is 0 Å². The molecule has 2 rings (SSSR count). The molecule has 1 heterocycles. The van der Waals surface area contributed by atoms with E-state index in [0.717, 1.165) is 0 Å². The first kappa shape index (κ1) is 19.4.